The number of aromatic nitrogens is 1. The molecule has 3 atom stereocenters. The maximum Gasteiger partial charge on any atom is 0.104 e. The molecular formula is C53H38N4S. The van der Waals surface area contributed by atoms with Gasteiger partial charge in [0.15, 0.2) is 0 Å². The van der Waals surface area contributed by atoms with Gasteiger partial charge in [0.2, 0.25) is 0 Å². The molecule has 10 aromatic rings. The smallest absolute Gasteiger partial charge is 0.104 e. The Morgan fingerprint density at radius 1 is 0.466 bits per heavy atom. The molecule has 12 rings (SSSR count). The number of nitrogens with zero attached hydrogens (tertiary/aromatic N) is 1. The van der Waals surface area contributed by atoms with Crippen molar-refractivity contribution in [3.63, 3.8) is 0 Å². The van der Waals surface area contributed by atoms with E-state index in [0.29, 0.717) is 0 Å². The summed E-state index contributed by atoms with van der Waals surface area (Å²) in [6.45, 7) is 0. The van der Waals surface area contributed by atoms with Crippen LogP contribution in [0.15, 0.2) is 199 Å². The summed E-state index contributed by atoms with van der Waals surface area (Å²) in [5, 5.41) is 22.0. The number of hydrogen-bond acceptors (Lipinski definition) is 4. The van der Waals surface area contributed by atoms with Crippen molar-refractivity contribution in [2.24, 2.45) is 0 Å². The Bertz CT molecular complexity index is 3250. The second-order valence-electron chi connectivity index (χ2n) is 15.5. The summed E-state index contributed by atoms with van der Waals surface area (Å²) in [6, 6.07) is 68.6. The second-order valence-corrected chi connectivity index (χ2v) is 16.6. The zero-order valence-electron chi connectivity index (χ0n) is 31.6. The lowest BCUT2D eigenvalue weighted by Crippen LogP contribution is -2.39. The number of nitrogens with one attached hydrogen (secondary N) is 3. The fourth-order valence-electron chi connectivity index (χ4n) is 9.22. The summed E-state index contributed by atoms with van der Waals surface area (Å²) < 4.78 is 2.43. The van der Waals surface area contributed by atoms with E-state index in [1.54, 1.807) is 0 Å². The molecule has 0 saturated carbocycles. The van der Waals surface area contributed by atoms with Crippen molar-refractivity contribution >= 4 is 77.3 Å². The topological polar surface area (TPSA) is 41.0 Å². The normalized spacial score (nSPS) is 17.7. The molecule has 9 aromatic carbocycles. The zero-order valence-corrected chi connectivity index (χ0v) is 32.4. The second kappa shape index (κ2) is 13.4. The van der Waals surface area contributed by atoms with Crippen LogP contribution in [-0.2, 0) is 0 Å². The molecule has 0 spiro atoms. The summed E-state index contributed by atoms with van der Waals surface area (Å²) in [5.74, 6) is 0. The highest BCUT2D eigenvalue weighted by Gasteiger charge is 2.28. The summed E-state index contributed by atoms with van der Waals surface area (Å²) in [7, 11) is 0. The first-order valence-electron chi connectivity index (χ1n) is 20.0. The summed E-state index contributed by atoms with van der Waals surface area (Å²) >= 11 is 1.90. The van der Waals surface area contributed by atoms with E-state index in [1.165, 1.54) is 87.0 Å². The molecule has 3 unspecified atom stereocenters. The van der Waals surface area contributed by atoms with Gasteiger partial charge in [0.05, 0.1) is 22.8 Å². The number of hydrogen-bond donors (Lipinski definition) is 3. The molecule has 1 aromatic heterocycles. The Hall–Kier alpha value is -6.79. The van der Waals surface area contributed by atoms with Gasteiger partial charge >= 0.3 is 0 Å². The third kappa shape index (κ3) is 5.50. The molecule has 276 valence electrons. The average molecular weight is 763 g/mol. The van der Waals surface area contributed by atoms with Gasteiger partial charge in [-0.15, -0.1) is 0 Å². The van der Waals surface area contributed by atoms with E-state index < -0.39 is 0 Å². The van der Waals surface area contributed by atoms with Crippen LogP contribution >= 0.6 is 11.8 Å². The van der Waals surface area contributed by atoms with E-state index in [-0.39, 0.29) is 17.6 Å². The van der Waals surface area contributed by atoms with Gasteiger partial charge in [-0.05, 0) is 97.7 Å². The van der Waals surface area contributed by atoms with Crippen LogP contribution in [0, 0.1) is 0 Å². The molecule has 2 aliphatic heterocycles. The van der Waals surface area contributed by atoms with Crippen molar-refractivity contribution in [2.45, 2.75) is 22.5 Å². The first-order valence-corrected chi connectivity index (χ1v) is 20.9. The Balaban J connectivity index is 0.967. The highest BCUT2D eigenvalue weighted by atomic mass is 32.2. The zero-order chi connectivity index (χ0) is 38.2. The lowest BCUT2D eigenvalue weighted by molar-refractivity contribution is 0.443. The third-order valence-electron chi connectivity index (χ3n) is 12.0. The fraction of sp³-hybridized carbons (Fsp3) is 0.0566. The molecular weight excluding hydrogens is 725 g/mol. The van der Waals surface area contributed by atoms with Crippen LogP contribution in [0.1, 0.15) is 39.8 Å². The highest BCUT2D eigenvalue weighted by Crippen LogP contribution is 2.51. The molecule has 0 fully saturated rings. The largest absolute Gasteiger partial charge is 0.368 e. The monoisotopic (exact) mass is 762 g/mol. The predicted octanol–water partition coefficient (Wildman–Crippen LogP) is 13.4. The van der Waals surface area contributed by atoms with Gasteiger partial charge in [0.1, 0.15) is 11.5 Å². The van der Waals surface area contributed by atoms with E-state index in [9.17, 15) is 0 Å². The summed E-state index contributed by atoms with van der Waals surface area (Å²) in [5.41, 5.74) is 10.8. The van der Waals surface area contributed by atoms with E-state index >= 15 is 0 Å². The molecule has 0 saturated heterocycles. The van der Waals surface area contributed by atoms with Crippen molar-refractivity contribution < 1.29 is 0 Å². The van der Waals surface area contributed by atoms with Crippen LogP contribution in [0.4, 0.5) is 5.69 Å². The molecule has 0 radical (unpaired) electrons. The van der Waals surface area contributed by atoms with Crippen molar-refractivity contribution in [1.82, 2.24) is 15.2 Å². The number of rotatable bonds is 5. The van der Waals surface area contributed by atoms with Gasteiger partial charge in [-0.3, -0.25) is 5.32 Å². The Labute approximate surface area is 340 Å². The highest BCUT2D eigenvalue weighted by molar-refractivity contribution is 8.00. The van der Waals surface area contributed by atoms with Crippen LogP contribution in [0.2, 0.25) is 0 Å². The van der Waals surface area contributed by atoms with Gasteiger partial charge < -0.3 is 15.2 Å². The molecule has 3 N–H and O–H groups in total. The number of para-hydroxylation sites is 1. The van der Waals surface area contributed by atoms with Crippen LogP contribution in [0.25, 0.3) is 65.5 Å². The standard InChI is InChI=1S/C53H38N4S/c1-4-12-33(13-5-1)45-32-46(39-22-26-43-44-29-36-16-10-11-17-37(36)30-48(44)57(47(43)31-39)41-18-8-3-9-19-41)55-52(54-45)40-23-25-42-38(28-40)21-20-34-24-27-49-51(50(34)42)56-53(58-49)35-14-6-2-7-15-35/h1-32,46,52-56H. The quantitative estimate of drug-likeness (QED) is 0.153. The molecule has 2 aliphatic rings. The maximum absolute atomic E-state index is 4.03. The van der Waals surface area contributed by atoms with Crippen molar-refractivity contribution in [1.29, 1.82) is 0 Å². The Morgan fingerprint density at radius 3 is 1.97 bits per heavy atom. The average Bonchev–Trinajstić information content (AvgIpc) is 3.88. The van der Waals surface area contributed by atoms with E-state index in [2.05, 4.69) is 215 Å². The minimum absolute atomic E-state index is 0.0427. The molecule has 0 aliphatic carbocycles. The summed E-state index contributed by atoms with van der Waals surface area (Å²) in [6.07, 6.45) is 2.23. The van der Waals surface area contributed by atoms with Gasteiger partial charge in [-0.1, -0.05) is 157 Å². The van der Waals surface area contributed by atoms with Crippen LogP contribution < -0.4 is 16.0 Å². The molecule has 0 amide bonds. The molecule has 0 bridgehead atoms. The third-order valence-corrected chi connectivity index (χ3v) is 13.3. The Kier molecular flexibility index (Phi) is 7.71. The van der Waals surface area contributed by atoms with Gasteiger partial charge in [0.25, 0.3) is 0 Å². The molecule has 4 nitrogen and oxygen atoms in total. The molecule has 58 heavy (non-hydrogen) atoms. The van der Waals surface area contributed by atoms with E-state index in [0.717, 1.165) is 11.4 Å². The van der Waals surface area contributed by atoms with Crippen LogP contribution in [-0.4, -0.2) is 4.57 Å². The van der Waals surface area contributed by atoms with Crippen molar-refractivity contribution in [3.05, 3.63) is 216 Å². The SMILES string of the molecule is C1=C(c2ccccc2)NC(c2ccc3c(ccc4ccc5c(c43)NC(c3ccccc3)S5)c2)NC1c1ccc2c3cc4ccccc4cc3n(-c3ccccc3)c2c1. The fourth-order valence-corrected chi connectivity index (χ4v) is 10.4. The lowest BCUT2D eigenvalue weighted by Gasteiger charge is -2.33. The first kappa shape index (κ1) is 33.4. The van der Waals surface area contributed by atoms with Gasteiger partial charge in [-0.25, -0.2) is 0 Å². The lowest BCUT2D eigenvalue weighted by atomic mass is 9.95. The number of benzene rings is 9. The van der Waals surface area contributed by atoms with Crippen molar-refractivity contribution in [2.75, 3.05) is 5.32 Å². The molecule has 3 heterocycles. The molecule has 5 heteroatoms. The predicted molar refractivity (Wildman–Crippen MR) is 245 cm³/mol. The first-order chi connectivity index (χ1) is 28.7. The van der Waals surface area contributed by atoms with E-state index in [1.807, 2.05) is 11.8 Å². The minimum Gasteiger partial charge on any atom is -0.368 e. The van der Waals surface area contributed by atoms with Crippen LogP contribution in [0.3, 0.4) is 0 Å². The van der Waals surface area contributed by atoms with E-state index in [4.69, 9.17) is 0 Å². The number of anilines is 1. The summed E-state index contributed by atoms with van der Waals surface area (Å²) in [4.78, 5) is 1.30. The van der Waals surface area contributed by atoms with Crippen LogP contribution in [0.5, 0.6) is 0 Å². The number of fused-ring (bicyclic) bond motifs is 9. The Morgan fingerprint density at radius 2 is 1.14 bits per heavy atom. The maximum atomic E-state index is 4.03. The minimum atomic E-state index is -0.121. The van der Waals surface area contributed by atoms with Gasteiger partial charge in [-0.2, -0.15) is 0 Å². The number of thioether (sulfide) groups is 1. The van der Waals surface area contributed by atoms with Gasteiger partial charge in [0, 0.05) is 32.4 Å². The van der Waals surface area contributed by atoms with Crippen molar-refractivity contribution in [3.8, 4) is 5.69 Å².